The molecule has 0 bridgehead atoms. The summed E-state index contributed by atoms with van der Waals surface area (Å²) < 4.78 is 0. The highest BCUT2D eigenvalue weighted by Gasteiger charge is 1.98. The second-order valence-electron chi connectivity index (χ2n) is 2.90. The van der Waals surface area contributed by atoms with Crippen LogP contribution in [0.3, 0.4) is 0 Å². The summed E-state index contributed by atoms with van der Waals surface area (Å²) in [6, 6.07) is 0. The number of rotatable bonds is 5. The molecule has 0 saturated carbocycles. The Morgan fingerprint density at radius 2 is 2.58 bits per heavy atom. The summed E-state index contributed by atoms with van der Waals surface area (Å²) in [5.41, 5.74) is 5.48. The number of aromatic nitrogens is 1. The highest BCUT2D eigenvalue weighted by molar-refractivity contribution is 7.09. The van der Waals surface area contributed by atoms with Crippen LogP contribution in [-0.4, -0.2) is 18.1 Å². The van der Waals surface area contributed by atoms with Gasteiger partial charge in [0, 0.05) is 18.1 Å². The third kappa shape index (κ3) is 3.30. The summed E-state index contributed by atoms with van der Waals surface area (Å²) in [5.74, 6) is 0.546. The van der Waals surface area contributed by atoms with E-state index in [1.54, 1.807) is 11.3 Å². The smallest absolute Gasteiger partial charge is 0.106 e. The summed E-state index contributed by atoms with van der Waals surface area (Å²) in [6.45, 7) is 4.71. The lowest BCUT2D eigenvalue weighted by Gasteiger charge is -2.07. The van der Waals surface area contributed by atoms with Crippen molar-refractivity contribution in [3.05, 3.63) is 16.6 Å². The largest absolute Gasteiger partial charge is 0.330 e. The normalized spacial score (nSPS) is 13.2. The molecule has 0 spiro atoms. The van der Waals surface area contributed by atoms with Gasteiger partial charge in [0.05, 0.1) is 0 Å². The molecule has 3 N–H and O–H groups in total. The zero-order valence-corrected chi connectivity index (χ0v) is 8.10. The molecule has 68 valence electrons. The van der Waals surface area contributed by atoms with Crippen molar-refractivity contribution in [1.29, 1.82) is 0 Å². The average molecular weight is 185 g/mol. The number of hydrogen-bond acceptors (Lipinski definition) is 4. The van der Waals surface area contributed by atoms with Crippen molar-refractivity contribution in [3.63, 3.8) is 0 Å². The molecule has 12 heavy (non-hydrogen) atoms. The second-order valence-corrected chi connectivity index (χ2v) is 3.88. The van der Waals surface area contributed by atoms with Gasteiger partial charge in [0.1, 0.15) is 5.01 Å². The Labute approximate surface area is 77.0 Å². The Kier molecular flexibility index (Phi) is 4.21. The molecule has 1 unspecified atom stereocenters. The van der Waals surface area contributed by atoms with Crippen LogP contribution in [0.5, 0.6) is 0 Å². The number of thiazole rings is 1. The van der Waals surface area contributed by atoms with Gasteiger partial charge in [0.15, 0.2) is 0 Å². The molecule has 1 atom stereocenters. The van der Waals surface area contributed by atoms with E-state index in [4.69, 9.17) is 5.73 Å². The highest BCUT2D eigenvalue weighted by Crippen LogP contribution is 2.02. The van der Waals surface area contributed by atoms with Gasteiger partial charge in [-0.05, 0) is 19.0 Å². The van der Waals surface area contributed by atoms with Gasteiger partial charge in [-0.25, -0.2) is 4.98 Å². The minimum absolute atomic E-state index is 0.546. The van der Waals surface area contributed by atoms with Crippen LogP contribution in [0.2, 0.25) is 0 Å². The number of nitrogens with zero attached hydrogens (tertiary/aromatic N) is 1. The first-order valence-electron chi connectivity index (χ1n) is 4.12. The third-order valence-corrected chi connectivity index (χ3v) is 2.43. The minimum Gasteiger partial charge on any atom is -0.330 e. The highest BCUT2D eigenvalue weighted by atomic mass is 32.1. The molecule has 0 aliphatic heterocycles. The Bertz CT molecular complexity index is 198. The predicted molar refractivity (Wildman–Crippen MR) is 52.0 cm³/mol. The standard InChI is InChI=1S/C8H15N3S/c1-7(4-9)5-10-6-8-11-2-3-12-8/h2-3,7,10H,4-6,9H2,1H3. The second kappa shape index (κ2) is 5.24. The molecule has 0 saturated heterocycles. The van der Waals surface area contributed by atoms with Crippen molar-refractivity contribution in [2.75, 3.05) is 13.1 Å². The maximum Gasteiger partial charge on any atom is 0.106 e. The zero-order chi connectivity index (χ0) is 8.81. The van der Waals surface area contributed by atoms with Crippen LogP contribution >= 0.6 is 11.3 Å². The van der Waals surface area contributed by atoms with Crippen LogP contribution in [0.1, 0.15) is 11.9 Å². The fourth-order valence-electron chi connectivity index (χ4n) is 0.849. The molecule has 0 radical (unpaired) electrons. The van der Waals surface area contributed by atoms with Gasteiger partial charge in [-0.2, -0.15) is 0 Å². The van der Waals surface area contributed by atoms with E-state index in [9.17, 15) is 0 Å². The van der Waals surface area contributed by atoms with Crippen LogP contribution in [0.15, 0.2) is 11.6 Å². The topological polar surface area (TPSA) is 50.9 Å². The van der Waals surface area contributed by atoms with Gasteiger partial charge >= 0.3 is 0 Å². The molecule has 3 nitrogen and oxygen atoms in total. The summed E-state index contributed by atoms with van der Waals surface area (Å²) in [4.78, 5) is 4.16. The Morgan fingerprint density at radius 3 is 3.17 bits per heavy atom. The van der Waals surface area contributed by atoms with E-state index in [2.05, 4.69) is 17.2 Å². The molecule has 1 aromatic heterocycles. The van der Waals surface area contributed by atoms with E-state index in [1.807, 2.05) is 11.6 Å². The van der Waals surface area contributed by atoms with E-state index in [-0.39, 0.29) is 0 Å². The molecule has 0 aliphatic carbocycles. The first-order chi connectivity index (χ1) is 5.83. The van der Waals surface area contributed by atoms with Crippen molar-refractivity contribution in [2.45, 2.75) is 13.5 Å². The fourth-order valence-corrected chi connectivity index (χ4v) is 1.44. The van der Waals surface area contributed by atoms with Crippen LogP contribution in [0, 0.1) is 5.92 Å². The first kappa shape index (κ1) is 9.64. The average Bonchev–Trinajstić information content (AvgIpc) is 2.57. The van der Waals surface area contributed by atoms with Crippen molar-refractivity contribution in [3.8, 4) is 0 Å². The van der Waals surface area contributed by atoms with Gasteiger partial charge in [0.2, 0.25) is 0 Å². The maximum atomic E-state index is 5.48. The van der Waals surface area contributed by atoms with Gasteiger partial charge in [-0.1, -0.05) is 6.92 Å². The van der Waals surface area contributed by atoms with Gasteiger partial charge in [0.25, 0.3) is 0 Å². The molecule has 1 aromatic rings. The van der Waals surface area contributed by atoms with Crippen molar-refractivity contribution < 1.29 is 0 Å². The summed E-state index contributed by atoms with van der Waals surface area (Å²) >= 11 is 1.68. The monoisotopic (exact) mass is 185 g/mol. The first-order valence-corrected chi connectivity index (χ1v) is 5.00. The fraction of sp³-hybridized carbons (Fsp3) is 0.625. The molecule has 0 aliphatic rings. The Morgan fingerprint density at radius 1 is 1.75 bits per heavy atom. The maximum absolute atomic E-state index is 5.48. The molecule has 1 heterocycles. The molecule has 0 fully saturated rings. The van der Waals surface area contributed by atoms with E-state index in [1.165, 1.54) is 0 Å². The van der Waals surface area contributed by atoms with E-state index in [0.717, 1.165) is 24.6 Å². The molecule has 1 rings (SSSR count). The quantitative estimate of drug-likeness (QED) is 0.714. The summed E-state index contributed by atoms with van der Waals surface area (Å²) in [5, 5.41) is 6.43. The Balaban J connectivity index is 2.11. The number of nitrogens with two attached hydrogens (primary N) is 1. The summed E-state index contributed by atoms with van der Waals surface area (Å²) in [6.07, 6.45) is 1.83. The van der Waals surface area contributed by atoms with Gasteiger partial charge < -0.3 is 11.1 Å². The zero-order valence-electron chi connectivity index (χ0n) is 7.29. The van der Waals surface area contributed by atoms with Crippen LogP contribution in [-0.2, 0) is 6.54 Å². The van der Waals surface area contributed by atoms with Gasteiger partial charge in [-0.15, -0.1) is 11.3 Å². The molecular weight excluding hydrogens is 170 g/mol. The third-order valence-electron chi connectivity index (χ3n) is 1.65. The van der Waals surface area contributed by atoms with E-state index >= 15 is 0 Å². The van der Waals surface area contributed by atoms with Gasteiger partial charge in [-0.3, -0.25) is 0 Å². The van der Waals surface area contributed by atoms with Crippen molar-refractivity contribution >= 4 is 11.3 Å². The lowest BCUT2D eigenvalue weighted by molar-refractivity contribution is 0.521. The molecule has 0 amide bonds. The number of hydrogen-bond donors (Lipinski definition) is 2. The van der Waals surface area contributed by atoms with Crippen LogP contribution in [0.25, 0.3) is 0 Å². The predicted octanol–water partition coefficient (Wildman–Crippen LogP) is 0.828. The van der Waals surface area contributed by atoms with Crippen LogP contribution in [0.4, 0.5) is 0 Å². The lowest BCUT2D eigenvalue weighted by Crippen LogP contribution is -2.25. The van der Waals surface area contributed by atoms with E-state index in [0.29, 0.717) is 5.92 Å². The van der Waals surface area contributed by atoms with E-state index < -0.39 is 0 Å². The molecular formula is C8H15N3S. The van der Waals surface area contributed by atoms with Crippen molar-refractivity contribution in [1.82, 2.24) is 10.3 Å². The number of nitrogens with one attached hydrogen (secondary N) is 1. The minimum atomic E-state index is 0.546. The lowest BCUT2D eigenvalue weighted by atomic mass is 10.2. The SMILES string of the molecule is CC(CN)CNCc1nccs1. The van der Waals surface area contributed by atoms with Crippen LogP contribution < -0.4 is 11.1 Å². The Hall–Kier alpha value is -0.450. The van der Waals surface area contributed by atoms with Crippen molar-refractivity contribution in [2.24, 2.45) is 11.7 Å². The molecule has 0 aromatic carbocycles. The summed E-state index contributed by atoms with van der Waals surface area (Å²) in [7, 11) is 0. The molecule has 4 heteroatoms.